The SMILES string of the molecule is Cc1c[nH]cc1C(=O)N1CCCC1CC(=O)O. The molecule has 2 N–H and O–H groups in total. The summed E-state index contributed by atoms with van der Waals surface area (Å²) in [5.74, 6) is -0.909. The first-order chi connectivity index (χ1) is 8.09. The van der Waals surface area contributed by atoms with Crippen molar-refractivity contribution in [1.82, 2.24) is 9.88 Å². The van der Waals surface area contributed by atoms with Crippen molar-refractivity contribution < 1.29 is 14.7 Å². The molecule has 2 heterocycles. The Hall–Kier alpha value is -1.78. The topological polar surface area (TPSA) is 73.4 Å². The number of hydrogen-bond donors (Lipinski definition) is 2. The Morgan fingerprint density at radius 1 is 1.53 bits per heavy atom. The summed E-state index contributed by atoms with van der Waals surface area (Å²) < 4.78 is 0. The molecule has 0 saturated carbocycles. The minimum atomic E-state index is -0.847. The van der Waals surface area contributed by atoms with E-state index in [4.69, 9.17) is 5.11 Å². The summed E-state index contributed by atoms with van der Waals surface area (Å²) in [6.45, 7) is 2.52. The van der Waals surface area contributed by atoms with Gasteiger partial charge in [0.25, 0.3) is 5.91 Å². The molecule has 0 aromatic carbocycles. The summed E-state index contributed by atoms with van der Waals surface area (Å²) in [6.07, 6.45) is 5.15. The van der Waals surface area contributed by atoms with Crippen molar-refractivity contribution in [3.63, 3.8) is 0 Å². The van der Waals surface area contributed by atoms with Crippen LogP contribution in [0.3, 0.4) is 0 Å². The van der Waals surface area contributed by atoms with Gasteiger partial charge in [0.2, 0.25) is 0 Å². The van der Waals surface area contributed by atoms with Crippen LogP contribution in [0.5, 0.6) is 0 Å². The van der Waals surface area contributed by atoms with Gasteiger partial charge in [-0.2, -0.15) is 0 Å². The zero-order valence-corrected chi connectivity index (χ0v) is 9.77. The molecule has 1 fully saturated rings. The Balaban J connectivity index is 2.14. The zero-order valence-electron chi connectivity index (χ0n) is 9.77. The lowest BCUT2D eigenvalue weighted by Crippen LogP contribution is -2.36. The monoisotopic (exact) mass is 236 g/mol. The van der Waals surface area contributed by atoms with Crippen LogP contribution in [0, 0.1) is 6.92 Å². The highest BCUT2D eigenvalue weighted by molar-refractivity contribution is 5.96. The molecule has 5 heteroatoms. The van der Waals surface area contributed by atoms with E-state index < -0.39 is 5.97 Å². The van der Waals surface area contributed by atoms with E-state index in [1.54, 1.807) is 17.3 Å². The van der Waals surface area contributed by atoms with Gasteiger partial charge in [-0.1, -0.05) is 0 Å². The van der Waals surface area contributed by atoms with Crippen molar-refractivity contribution in [2.45, 2.75) is 32.2 Å². The molecule has 5 nitrogen and oxygen atoms in total. The number of carboxylic acid groups (broad SMARTS) is 1. The van der Waals surface area contributed by atoms with Gasteiger partial charge >= 0.3 is 5.97 Å². The molecule has 0 spiro atoms. The maximum atomic E-state index is 12.2. The van der Waals surface area contributed by atoms with Crippen molar-refractivity contribution in [3.05, 3.63) is 23.5 Å². The summed E-state index contributed by atoms with van der Waals surface area (Å²) >= 11 is 0. The van der Waals surface area contributed by atoms with E-state index in [1.165, 1.54) is 0 Å². The minimum Gasteiger partial charge on any atom is -0.481 e. The molecule has 1 aliphatic heterocycles. The standard InChI is InChI=1S/C12H16N2O3/c1-8-6-13-7-10(8)12(17)14-4-2-3-9(14)5-11(15)16/h6-7,9,13H,2-5H2,1H3,(H,15,16). The average molecular weight is 236 g/mol. The first-order valence-corrected chi connectivity index (χ1v) is 5.75. The minimum absolute atomic E-state index is 0.0369. The lowest BCUT2D eigenvalue weighted by Gasteiger charge is -2.23. The fourth-order valence-electron chi connectivity index (χ4n) is 2.34. The van der Waals surface area contributed by atoms with Crippen LogP contribution in [-0.2, 0) is 4.79 Å². The van der Waals surface area contributed by atoms with Crippen LogP contribution in [0.15, 0.2) is 12.4 Å². The first kappa shape index (κ1) is 11.7. The van der Waals surface area contributed by atoms with Crippen LogP contribution in [0.2, 0.25) is 0 Å². The van der Waals surface area contributed by atoms with Crippen molar-refractivity contribution in [2.24, 2.45) is 0 Å². The van der Waals surface area contributed by atoms with Crippen LogP contribution >= 0.6 is 0 Å². The van der Waals surface area contributed by atoms with Crippen LogP contribution in [0.1, 0.15) is 35.2 Å². The number of amides is 1. The largest absolute Gasteiger partial charge is 0.481 e. The maximum absolute atomic E-state index is 12.2. The third-order valence-electron chi connectivity index (χ3n) is 3.23. The Labute approximate surface area is 99.4 Å². The van der Waals surface area contributed by atoms with E-state index in [0.717, 1.165) is 18.4 Å². The molecule has 17 heavy (non-hydrogen) atoms. The Morgan fingerprint density at radius 3 is 2.88 bits per heavy atom. The molecule has 0 aliphatic carbocycles. The van der Waals surface area contributed by atoms with E-state index in [9.17, 15) is 9.59 Å². The summed E-state index contributed by atoms with van der Waals surface area (Å²) in [4.78, 5) is 27.5. The number of carbonyl (C=O) groups is 2. The molecule has 1 unspecified atom stereocenters. The number of rotatable bonds is 3. The third-order valence-corrected chi connectivity index (χ3v) is 3.23. The van der Waals surface area contributed by atoms with Gasteiger partial charge in [0.05, 0.1) is 12.0 Å². The van der Waals surface area contributed by atoms with E-state index in [-0.39, 0.29) is 18.4 Å². The normalized spacial score (nSPS) is 19.6. The van der Waals surface area contributed by atoms with Crippen molar-refractivity contribution in [2.75, 3.05) is 6.54 Å². The van der Waals surface area contributed by atoms with Crippen LogP contribution in [0.4, 0.5) is 0 Å². The van der Waals surface area contributed by atoms with Gasteiger partial charge in [-0.3, -0.25) is 9.59 Å². The fraction of sp³-hybridized carbons (Fsp3) is 0.500. The molecule has 1 aromatic rings. The number of hydrogen-bond acceptors (Lipinski definition) is 2. The quantitative estimate of drug-likeness (QED) is 0.833. The zero-order chi connectivity index (χ0) is 12.4. The van der Waals surface area contributed by atoms with Gasteiger partial charge in [0.1, 0.15) is 0 Å². The highest BCUT2D eigenvalue weighted by Crippen LogP contribution is 2.23. The first-order valence-electron chi connectivity index (χ1n) is 5.75. The van der Waals surface area contributed by atoms with Crippen molar-refractivity contribution >= 4 is 11.9 Å². The number of nitrogens with zero attached hydrogens (tertiary/aromatic N) is 1. The highest BCUT2D eigenvalue weighted by Gasteiger charge is 2.31. The van der Waals surface area contributed by atoms with Crippen LogP contribution < -0.4 is 0 Å². The summed E-state index contributed by atoms with van der Waals surface area (Å²) in [7, 11) is 0. The second-order valence-electron chi connectivity index (χ2n) is 4.44. The van der Waals surface area contributed by atoms with E-state index in [2.05, 4.69) is 4.98 Å². The Morgan fingerprint density at radius 2 is 2.29 bits per heavy atom. The molecule has 0 bridgehead atoms. The van der Waals surface area contributed by atoms with Crippen LogP contribution in [-0.4, -0.2) is 39.5 Å². The third kappa shape index (κ3) is 2.33. The van der Waals surface area contributed by atoms with Crippen molar-refractivity contribution in [3.8, 4) is 0 Å². The number of likely N-dealkylation sites (tertiary alicyclic amines) is 1. The molecule has 0 radical (unpaired) electrons. The summed E-state index contributed by atoms with van der Waals surface area (Å²) in [5.41, 5.74) is 1.54. The van der Waals surface area contributed by atoms with Crippen molar-refractivity contribution in [1.29, 1.82) is 0 Å². The number of carboxylic acids is 1. The highest BCUT2D eigenvalue weighted by atomic mass is 16.4. The summed E-state index contributed by atoms with van der Waals surface area (Å²) in [6, 6.07) is -0.158. The number of aliphatic carboxylic acids is 1. The Bertz CT molecular complexity index is 439. The summed E-state index contributed by atoms with van der Waals surface area (Å²) in [5, 5.41) is 8.81. The second kappa shape index (κ2) is 4.61. The second-order valence-corrected chi connectivity index (χ2v) is 4.44. The van der Waals surface area contributed by atoms with E-state index >= 15 is 0 Å². The molecule has 1 aromatic heterocycles. The molecule has 1 aliphatic rings. The molecule has 2 rings (SSSR count). The fourth-order valence-corrected chi connectivity index (χ4v) is 2.34. The number of aromatic nitrogens is 1. The molecular formula is C12H16N2O3. The smallest absolute Gasteiger partial charge is 0.305 e. The lowest BCUT2D eigenvalue weighted by molar-refractivity contribution is -0.137. The predicted octanol–water partition coefficient (Wildman–Crippen LogP) is 1.40. The van der Waals surface area contributed by atoms with Gasteiger partial charge in [0.15, 0.2) is 0 Å². The molecule has 1 atom stereocenters. The Kier molecular flexibility index (Phi) is 3.17. The maximum Gasteiger partial charge on any atom is 0.305 e. The number of carbonyl (C=O) groups excluding carboxylic acids is 1. The number of H-pyrrole nitrogens is 1. The predicted molar refractivity (Wildman–Crippen MR) is 61.8 cm³/mol. The number of aryl methyl sites for hydroxylation is 1. The molecule has 92 valence electrons. The van der Waals surface area contributed by atoms with E-state index in [1.807, 2.05) is 6.92 Å². The molecular weight excluding hydrogens is 220 g/mol. The van der Waals surface area contributed by atoms with Gasteiger partial charge in [0, 0.05) is 25.0 Å². The number of aromatic amines is 1. The molecule has 1 amide bonds. The molecule has 1 saturated heterocycles. The van der Waals surface area contributed by atoms with Crippen LogP contribution in [0.25, 0.3) is 0 Å². The van der Waals surface area contributed by atoms with Gasteiger partial charge in [-0.05, 0) is 25.3 Å². The lowest BCUT2D eigenvalue weighted by atomic mass is 10.1. The van der Waals surface area contributed by atoms with Gasteiger partial charge in [-0.25, -0.2) is 0 Å². The number of nitrogens with one attached hydrogen (secondary N) is 1. The van der Waals surface area contributed by atoms with Gasteiger partial charge < -0.3 is 15.0 Å². The van der Waals surface area contributed by atoms with E-state index in [0.29, 0.717) is 12.1 Å². The van der Waals surface area contributed by atoms with Gasteiger partial charge in [-0.15, -0.1) is 0 Å². The average Bonchev–Trinajstić information content (AvgIpc) is 2.85.